The van der Waals surface area contributed by atoms with Crippen molar-refractivity contribution in [2.75, 3.05) is 0 Å². The van der Waals surface area contributed by atoms with Crippen LogP contribution in [0.2, 0.25) is 0 Å². The van der Waals surface area contributed by atoms with Crippen LogP contribution in [0.4, 0.5) is 5.69 Å². The molecule has 4 saturated carbocycles. The maximum Gasteiger partial charge on any atom is 0.113 e. The zero-order valence-electron chi connectivity index (χ0n) is 15.6. The van der Waals surface area contributed by atoms with Crippen LogP contribution >= 0.6 is 15.9 Å². The molecule has 0 amide bonds. The smallest absolute Gasteiger partial charge is 0.113 e. The number of allylic oxidation sites excluding steroid dienone is 4. The molecular weight excluding hydrogens is 386 g/mol. The lowest BCUT2D eigenvalue weighted by Crippen LogP contribution is -2.14. The Bertz CT molecular complexity index is 811. The third kappa shape index (κ3) is 2.42. The molecule has 0 saturated heterocycles. The van der Waals surface area contributed by atoms with E-state index in [2.05, 4.69) is 39.3 Å². The lowest BCUT2D eigenvalue weighted by atomic mass is 9.76. The normalized spacial score (nSPS) is 34.5. The molecule has 5 atom stereocenters. The maximum absolute atomic E-state index is 11.2. The molecule has 5 aliphatic carbocycles. The number of benzene rings is 1. The topological polar surface area (TPSA) is 29.4 Å². The van der Waals surface area contributed by atoms with Crippen LogP contribution in [0.5, 0.6) is 0 Å². The van der Waals surface area contributed by atoms with Crippen molar-refractivity contribution in [3.05, 3.63) is 49.9 Å². The summed E-state index contributed by atoms with van der Waals surface area (Å²) < 4.78 is 1.36. The minimum atomic E-state index is 0.626. The third-order valence-corrected chi connectivity index (χ3v) is 8.34. The van der Waals surface area contributed by atoms with Gasteiger partial charge in [-0.05, 0) is 126 Å². The molecule has 6 rings (SSSR count). The van der Waals surface area contributed by atoms with Gasteiger partial charge in [-0.3, -0.25) is 0 Å². The molecule has 4 fully saturated rings. The summed E-state index contributed by atoms with van der Waals surface area (Å²) in [7, 11) is 0. The Morgan fingerprint density at radius 2 is 1.73 bits per heavy atom. The van der Waals surface area contributed by atoms with Crippen LogP contribution in [-0.2, 0) is 0 Å². The molecule has 0 N–H and O–H groups in total. The van der Waals surface area contributed by atoms with E-state index >= 15 is 0 Å². The fourth-order valence-electron chi connectivity index (χ4n) is 6.67. The van der Waals surface area contributed by atoms with Gasteiger partial charge in [-0.1, -0.05) is 27.6 Å². The molecule has 0 spiro atoms. The van der Waals surface area contributed by atoms with Crippen LogP contribution in [0, 0.1) is 48.3 Å². The van der Waals surface area contributed by atoms with Crippen molar-refractivity contribution in [1.82, 2.24) is 0 Å². The number of halogens is 1. The summed E-state index contributed by atoms with van der Waals surface area (Å²) in [4.78, 5) is 11.2. The summed E-state index contributed by atoms with van der Waals surface area (Å²) >= 11 is 3.70. The molecule has 1 aromatic carbocycles. The first-order valence-corrected chi connectivity index (χ1v) is 10.9. The van der Waals surface area contributed by atoms with Crippen LogP contribution in [0.25, 0.3) is 5.57 Å². The monoisotopic (exact) mass is 411 g/mol. The van der Waals surface area contributed by atoms with Crippen LogP contribution in [0.15, 0.2) is 33.4 Å². The lowest BCUT2D eigenvalue weighted by molar-refractivity contribution is 0.457. The van der Waals surface area contributed by atoms with Gasteiger partial charge in [-0.2, -0.15) is 0 Å². The number of nitrogens with zero attached hydrogens (tertiary/aromatic N) is 1. The number of nitroso groups, excluding NO2 is 1. The van der Waals surface area contributed by atoms with Crippen molar-refractivity contribution in [3.63, 3.8) is 0 Å². The van der Waals surface area contributed by atoms with Gasteiger partial charge in [-0.25, -0.2) is 0 Å². The van der Waals surface area contributed by atoms with Gasteiger partial charge in [0.15, 0.2) is 0 Å². The van der Waals surface area contributed by atoms with E-state index in [1.807, 2.05) is 19.4 Å². The predicted molar refractivity (Wildman–Crippen MR) is 110 cm³/mol. The Morgan fingerprint density at radius 1 is 1.08 bits per heavy atom. The average Bonchev–Trinajstić information content (AvgIpc) is 3.34. The lowest BCUT2D eigenvalue weighted by Gasteiger charge is -2.29. The molecule has 0 aliphatic heterocycles. The van der Waals surface area contributed by atoms with Gasteiger partial charge in [0.05, 0.1) is 0 Å². The Labute approximate surface area is 164 Å². The highest BCUT2D eigenvalue weighted by molar-refractivity contribution is 9.11. The molecule has 0 radical (unpaired) electrons. The van der Waals surface area contributed by atoms with Gasteiger partial charge >= 0.3 is 0 Å². The van der Waals surface area contributed by atoms with E-state index in [0.29, 0.717) is 11.6 Å². The number of hydrogen-bond acceptors (Lipinski definition) is 2. The van der Waals surface area contributed by atoms with Crippen molar-refractivity contribution in [2.45, 2.75) is 52.4 Å². The van der Waals surface area contributed by atoms with E-state index in [1.54, 1.807) is 5.57 Å². The summed E-state index contributed by atoms with van der Waals surface area (Å²) in [5.74, 6) is 4.23. The van der Waals surface area contributed by atoms with E-state index in [0.717, 1.165) is 47.6 Å². The fourth-order valence-corrected chi connectivity index (χ4v) is 7.09. The van der Waals surface area contributed by atoms with Crippen LogP contribution < -0.4 is 0 Å². The summed E-state index contributed by atoms with van der Waals surface area (Å²) in [6.45, 7) is 4.07. The Kier molecular flexibility index (Phi) is 4.00. The largest absolute Gasteiger partial charge is 0.145 e. The minimum absolute atomic E-state index is 0.626. The zero-order valence-corrected chi connectivity index (χ0v) is 17.2. The van der Waals surface area contributed by atoms with Gasteiger partial charge < -0.3 is 0 Å². The van der Waals surface area contributed by atoms with Gasteiger partial charge in [-0.15, -0.1) is 4.91 Å². The quantitative estimate of drug-likeness (QED) is 0.482. The summed E-state index contributed by atoms with van der Waals surface area (Å²) in [6.07, 6.45) is 10.3. The molecule has 1 aromatic rings. The van der Waals surface area contributed by atoms with Crippen molar-refractivity contribution >= 4 is 27.2 Å². The highest BCUT2D eigenvalue weighted by Gasteiger charge is 2.57. The molecular formula is C23H26BrNO. The van der Waals surface area contributed by atoms with E-state index < -0.39 is 0 Å². The van der Waals surface area contributed by atoms with Crippen molar-refractivity contribution < 1.29 is 0 Å². The number of hydrogen-bond donors (Lipinski definition) is 0. The van der Waals surface area contributed by atoms with Gasteiger partial charge in [0, 0.05) is 0 Å². The van der Waals surface area contributed by atoms with Crippen LogP contribution in [0.1, 0.15) is 55.2 Å². The molecule has 0 heterocycles. The second kappa shape index (κ2) is 6.15. The van der Waals surface area contributed by atoms with E-state index in [1.165, 1.54) is 35.7 Å². The van der Waals surface area contributed by atoms with Crippen molar-refractivity contribution in [2.24, 2.45) is 34.8 Å². The van der Waals surface area contributed by atoms with Crippen molar-refractivity contribution in [3.8, 4) is 0 Å². The van der Waals surface area contributed by atoms with Gasteiger partial charge in [0.1, 0.15) is 5.69 Å². The van der Waals surface area contributed by atoms with Crippen molar-refractivity contribution in [1.29, 1.82) is 0 Å². The van der Waals surface area contributed by atoms with E-state index in [4.69, 9.17) is 0 Å². The molecule has 5 aliphatic rings. The standard InChI is InChI=1S/C23H26BrNO/c1-12-7-17(8-13(2)23(12)25-26)21(14-3-5-18(24)6-4-14)22-19-10-15-9-16(19)11-20(15)22/h5,7-8,14-16,19-20H,3-4,6,9-11H2,1-2H3. The average molecular weight is 412 g/mol. The van der Waals surface area contributed by atoms with Crippen LogP contribution in [0.3, 0.4) is 0 Å². The molecule has 4 bridgehead atoms. The second-order valence-corrected chi connectivity index (χ2v) is 10.0. The first kappa shape index (κ1) is 16.9. The van der Waals surface area contributed by atoms with Gasteiger partial charge in [0.2, 0.25) is 0 Å². The SMILES string of the molecule is Cc1cc(C(=C2C3CC4CC3CC24)C2CC=C(Br)CC2)cc(C)c1N=O. The maximum atomic E-state index is 11.2. The molecule has 136 valence electrons. The molecule has 5 unspecified atom stereocenters. The first-order chi connectivity index (χ1) is 12.6. The molecule has 3 heteroatoms. The summed E-state index contributed by atoms with van der Waals surface area (Å²) in [6, 6.07) is 4.48. The third-order valence-electron chi connectivity index (χ3n) is 7.62. The predicted octanol–water partition coefficient (Wildman–Crippen LogP) is 7.21. The highest BCUT2D eigenvalue weighted by Crippen LogP contribution is 2.67. The first-order valence-electron chi connectivity index (χ1n) is 10.1. The van der Waals surface area contributed by atoms with E-state index in [-0.39, 0.29) is 0 Å². The number of rotatable bonds is 3. The molecule has 2 nitrogen and oxygen atoms in total. The Morgan fingerprint density at radius 3 is 2.23 bits per heavy atom. The zero-order chi connectivity index (χ0) is 18.0. The van der Waals surface area contributed by atoms with Gasteiger partial charge in [0.25, 0.3) is 0 Å². The highest BCUT2D eigenvalue weighted by atomic mass is 79.9. The van der Waals surface area contributed by atoms with E-state index in [9.17, 15) is 4.91 Å². The molecule has 0 aromatic heterocycles. The Balaban J connectivity index is 1.66. The second-order valence-electron chi connectivity index (χ2n) is 8.98. The number of aryl methyl sites for hydroxylation is 2. The fraction of sp³-hybridized carbons (Fsp3) is 0.565. The molecule has 26 heavy (non-hydrogen) atoms. The van der Waals surface area contributed by atoms with Crippen LogP contribution in [-0.4, -0.2) is 0 Å². The Hall–Kier alpha value is -1.22. The summed E-state index contributed by atoms with van der Waals surface area (Å²) in [5.41, 5.74) is 7.50. The minimum Gasteiger partial charge on any atom is -0.145 e. The summed E-state index contributed by atoms with van der Waals surface area (Å²) in [5, 5.41) is 3.27.